The minimum atomic E-state index is -3.67. The molecule has 0 aliphatic carbocycles. The van der Waals surface area contributed by atoms with Crippen LogP contribution in [-0.4, -0.2) is 55.8 Å². The molecule has 1 aromatic heterocycles. The summed E-state index contributed by atoms with van der Waals surface area (Å²) >= 11 is 0. The van der Waals surface area contributed by atoms with Gasteiger partial charge in [0.05, 0.1) is 32.7 Å². The third kappa shape index (κ3) is 4.30. The number of aromatic nitrogens is 2. The zero-order chi connectivity index (χ0) is 24.8. The molecule has 1 amide bonds. The number of non-ortho nitro benzene ring substituents is 1. The fourth-order valence-corrected chi connectivity index (χ4v) is 5.84. The molecule has 0 unspecified atom stereocenters. The Balaban J connectivity index is 1.70. The molecule has 0 spiro atoms. The lowest BCUT2D eigenvalue weighted by Gasteiger charge is -2.13. The standard InChI is InChI=1S/C20H19N5O7S2/c1-23(2)34(31,32)16-9-3-13(4-10-16)20(26)21-19-17-11-33(29,30)12-18(17)22-24(19)14-5-7-15(8-6-14)25(27)28/h3-10H,11-12H2,1-2H3,(H,21,26). The van der Waals surface area contributed by atoms with Gasteiger partial charge in [0.2, 0.25) is 10.0 Å². The second kappa shape index (κ2) is 8.30. The van der Waals surface area contributed by atoms with E-state index in [0.717, 1.165) is 4.31 Å². The minimum absolute atomic E-state index is 0.0111. The lowest BCUT2D eigenvalue weighted by atomic mass is 10.2. The van der Waals surface area contributed by atoms with Crippen molar-refractivity contribution >= 4 is 37.3 Å². The van der Waals surface area contributed by atoms with Gasteiger partial charge in [0.1, 0.15) is 5.82 Å². The van der Waals surface area contributed by atoms with Crippen LogP contribution in [0.1, 0.15) is 21.6 Å². The Kier molecular flexibility index (Phi) is 5.75. The second-order valence-corrected chi connectivity index (χ2v) is 12.0. The highest BCUT2D eigenvalue weighted by Crippen LogP contribution is 2.33. The molecule has 1 N–H and O–H groups in total. The van der Waals surface area contributed by atoms with Crippen molar-refractivity contribution < 1.29 is 26.6 Å². The van der Waals surface area contributed by atoms with Gasteiger partial charge in [-0.2, -0.15) is 5.10 Å². The molecule has 1 aliphatic heterocycles. The zero-order valence-corrected chi connectivity index (χ0v) is 19.6. The maximum absolute atomic E-state index is 12.9. The van der Waals surface area contributed by atoms with Crippen LogP contribution in [0, 0.1) is 10.1 Å². The maximum atomic E-state index is 12.9. The molecule has 0 saturated heterocycles. The van der Waals surface area contributed by atoms with Crippen molar-refractivity contribution in [1.29, 1.82) is 0 Å². The van der Waals surface area contributed by atoms with Gasteiger partial charge in [0.15, 0.2) is 9.84 Å². The van der Waals surface area contributed by atoms with Crippen LogP contribution in [0.4, 0.5) is 11.5 Å². The summed E-state index contributed by atoms with van der Waals surface area (Å²) in [5.41, 5.74) is 1.01. The van der Waals surface area contributed by atoms with Crippen LogP contribution >= 0.6 is 0 Å². The van der Waals surface area contributed by atoms with Gasteiger partial charge in [0, 0.05) is 37.4 Å². The van der Waals surface area contributed by atoms with E-state index in [-0.39, 0.29) is 39.2 Å². The van der Waals surface area contributed by atoms with Crippen LogP contribution in [-0.2, 0) is 31.4 Å². The summed E-state index contributed by atoms with van der Waals surface area (Å²) in [6.45, 7) is 0. The van der Waals surface area contributed by atoms with Crippen LogP contribution in [0.15, 0.2) is 53.4 Å². The molecule has 1 aliphatic rings. The number of rotatable bonds is 6. The van der Waals surface area contributed by atoms with Crippen LogP contribution < -0.4 is 5.32 Å². The first-order valence-electron chi connectivity index (χ1n) is 9.79. The number of carbonyl (C=O) groups excluding carboxylic acids is 1. The van der Waals surface area contributed by atoms with E-state index in [4.69, 9.17) is 0 Å². The fourth-order valence-electron chi connectivity index (χ4n) is 3.44. The van der Waals surface area contributed by atoms with Gasteiger partial charge in [-0.25, -0.2) is 25.8 Å². The number of nitro groups is 1. The number of anilines is 1. The molecule has 0 bridgehead atoms. The largest absolute Gasteiger partial charge is 0.306 e. The molecule has 0 fully saturated rings. The number of fused-ring (bicyclic) bond motifs is 1. The molecular weight excluding hydrogens is 486 g/mol. The second-order valence-electron chi connectivity index (χ2n) is 7.76. The number of carbonyl (C=O) groups is 1. The smallest absolute Gasteiger partial charge is 0.269 e. The van der Waals surface area contributed by atoms with Gasteiger partial charge in [0.25, 0.3) is 11.6 Å². The Morgan fingerprint density at radius 2 is 1.71 bits per heavy atom. The van der Waals surface area contributed by atoms with Crippen LogP contribution in [0.2, 0.25) is 0 Å². The van der Waals surface area contributed by atoms with Crippen molar-refractivity contribution in [2.75, 3.05) is 19.4 Å². The maximum Gasteiger partial charge on any atom is 0.269 e. The molecule has 3 aromatic rings. The molecule has 178 valence electrons. The van der Waals surface area contributed by atoms with Crippen molar-refractivity contribution in [3.8, 4) is 5.69 Å². The SMILES string of the molecule is CN(C)S(=O)(=O)c1ccc(C(=O)Nc2c3c(nn2-c2ccc([N+](=O)[O-])cc2)CS(=O)(=O)C3)cc1. The van der Waals surface area contributed by atoms with E-state index in [2.05, 4.69) is 10.4 Å². The fraction of sp³-hybridized carbons (Fsp3) is 0.200. The van der Waals surface area contributed by atoms with Crippen molar-refractivity contribution in [2.24, 2.45) is 0 Å². The van der Waals surface area contributed by atoms with E-state index in [0.29, 0.717) is 11.3 Å². The average Bonchev–Trinajstić information content (AvgIpc) is 3.26. The van der Waals surface area contributed by atoms with Crippen molar-refractivity contribution in [3.05, 3.63) is 75.5 Å². The summed E-state index contributed by atoms with van der Waals surface area (Å²) in [6, 6.07) is 10.7. The quantitative estimate of drug-likeness (QED) is 0.391. The Morgan fingerprint density at radius 3 is 2.26 bits per heavy atom. The number of hydrogen-bond donors (Lipinski definition) is 1. The lowest BCUT2D eigenvalue weighted by Crippen LogP contribution is -2.22. The third-order valence-electron chi connectivity index (χ3n) is 5.22. The van der Waals surface area contributed by atoms with E-state index in [1.807, 2.05) is 0 Å². The lowest BCUT2D eigenvalue weighted by molar-refractivity contribution is -0.384. The predicted octanol–water partition coefficient (Wildman–Crippen LogP) is 1.71. The van der Waals surface area contributed by atoms with Crippen LogP contribution in [0.5, 0.6) is 0 Å². The van der Waals surface area contributed by atoms with Crippen LogP contribution in [0.3, 0.4) is 0 Å². The van der Waals surface area contributed by atoms with Crippen molar-refractivity contribution in [1.82, 2.24) is 14.1 Å². The number of nitro benzene ring substituents is 1. The Morgan fingerprint density at radius 1 is 1.09 bits per heavy atom. The Hall–Kier alpha value is -3.62. The highest BCUT2D eigenvalue weighted by molar-refractivity contribution is 7.90. The van der Waals surface area contributed by atoms with E-state index in [9.17, 15) is 31.7 Å². The zero-order valence-electron chi connectivity index (χ0n) is 18.0. The molecule has 0 radical (unpaired) electrons. The highest BCUT2D eigenvalue weighted by atomic mass is 32.2. The monoisotopic (exact) mass is 505 g/mol. The Bertz CT molecular complexity index is 1510. The summed E-state index contributed by atoms with van der Waals surface area (Å²) in [4.78, 5) is 23.3. The number of benzene rings is 2. The first-order valence-corrected chi connectivity index (χ1v) is 13.1. The number of sulfonamides is 1. The van der Waals surface area contributed by atoms with Gasteiger partial charge < -0.3 is 5.32 Å². The van der Waals surface area contributed by atoms with E-state index in [1.54, 1.807) is 0 Å². The summed E-state index contributed by atoms with van der Waals surface area (Å²) in [5, 5.41) is 17.9. The van der Waals surface area contributed by atoms with Gasteiger partial charge in [-0.05, 0) is 36.4 Å². The third-order valence-corrected chi connectivity index (χ3v) is 8.49. The van der Waals surface area contributed by atoms with Gasteiger partial charge >= 0.3 is 0 Å². The first-order chi connectivity index (χ1) is 15.9. The van der Waals surface area contributed by atoms with Gasteiger partial charge in [-0.1, -0.05) is 0 Å². The normalized spacial score (nSPS) is 14.7. The van der Waals surface area contributed by atoms with E-state index >= 15 is 0 Å². The summed E-state index contributed by atoms with van der Waals surface area (Å²) in [5.74, 6) is -1.09. The molecular formula is C20H19N5O7S2. The number of sulfone groups is 1. The average molecular weight is 506 g/mol. The first kappa shape index (κ1) is 23.5. The molecule has 2 aromatic carbocycles. The molecule has 0 saturated carbocycles. The number of nitrogens with zero attached hydrogens (tertiary/aromatic N) is 4. The minimum Gasteiger partial charge on any atom is -0.306 e. The Labute approximate surface area is 194 Å². The van der Waals surface area contributed by atoms with Gasteiger partial charge in [-0.3, -0.25) is 14.9 Å². The summed E-state index contributed by atoms with van der Waals surface area (Å²) in [6.07, 6.45) is 0. The molecule has 4 rings (SSSR count). The van der Waals surface area contributed by atoms with E-state index in [1.165, 1.54) is 67.3 Å². The molecule has 14 heteroatoms. The number of nitrogens with one attached hydrogen (secondary N) is 1. The molecule has 0 atom stereocenters. The van der Waals surface area contributed by atoms with Crippen molar-refractivity contribution in [2.45, 2.75) is 16.4 Å². The summed E-state index contributed by atoms with van der Waals surface area (Å²) in [7, 11) is -4.30. The van der Waals surface area contributed by atoms with Crippen LogP contribution in [0.25, 0.3) is 5.69 Å². The molecule has 34 heavy (non-hydrogen) atoms. The van der Waals surface area contributed by atoms with Crippen molar-refractivity contribution in [3.63, 3.8) is 0 Å². The molecule has 12 nitrogen and oxygen atoms in total. The van der Waals surface area contributed by atoms with E-state index < -0.39 is 30.7 Å². The van der Waals surface area contributed by atoms with Gasteiger partial charge in [-0.15, -0.1) is 0 Å². The number of amides is 1. The number of hydrogen-bond acceptors (Lipinski definition) is 8. The highest BCUT2D eigenvalue weighted by Gasteiger charge is 2.33. The topological polar surface area (TPSA) is 162 Å². The molecule has 2 heterocycles. The predicted molar refractivity (Wildman–Crippen MR) is 122 cm³/mol. The summed E-state index contributed by atoms with van der Waals surface area (Å²) < 4.78 is 51.1.